The molecular weight excluding hydrogens is 271 g/mol. The third kappa shape index (κ3) is 3.05. The van der Waals surface area contributed by atoms with Crippen molar-refractivity contribution in [3.8, 4) is 0 Å². The van der Waals surface area contributed by atoms with Gasteiger partial charge in [0.25, 0.3) is 0 Å². The molecule has 3 heteroatoms. The molecule has 1 aromatic carbocycles. The highest BCUT2D eigenvalue weighted by atomic mass is 79.9. The van der Waals surface area contributed by atoms with Gasteiger partial charge in [-0.15, -0.1) is 0 Å². The highest BCUT2D eigenvalue weighted by Gasteiger charge is 2.28. The summed E-state index contributed by atoms with van der Waals surface area (Å²) in [6.45, 7) is 6.27. The van der Waals surface area contributed by atoms with Gasteiger partial charge in [-0.1, -0.05) is 36.7 Å². The average molecular weight is 289 g/mol. The number of rotatable bonds is 4. The molecule has 0 saturated carbocycles. The zero-order valence-electron chi connectivity index (χ0n) is 9.93. The smallest absolute Gasteiger partial charge is 0.123 e. The van der Waals surface area contributed by atoms with Gasteiger partial charge in [-0.2, -0.15) is 0 Å². The van der Waals surface area contributed by atoms with Crippen LogP contribution in [0.5, 0.6) is 0 Å². The van der Waals surface area contributed by atoms with Crippen LogP contribution < -0.4 is 0 Å². The quantitative estimate of drug-likeness (QED) is 0.894. The molecule has 0 aliphatic rings. The van der Waals surface area contributed by atoms with Crippen LogP contribution in [0.3, 0.4) is 0 Å². The highest BCUT2D eigenvalue weighted by Crippen LogP contribution is 2.33. The molecule has 0 radical (unpaired) electrons. The van der Waals surface area contributed by atoms with Crippen molar-refractivity contribution in [1.29, 1.82) is 0 Å². The van der Waals surface area contributed by atoms with E-state index in [9.17, 15) is 9.50 Å². The van der Waals surface area contributed by atoms with Crippen LogP contribution in [0, 0.1) is 17.2 Å². The Labute approximate surface area is 105 Å². The number of hydrogen-bond acceptors (Lipinski definition) is 1. The normalized spacial score (nSPS) is 15.2. The van der Waals surface area contributed by atoms with Gasteiger partial charge in [0.05, 0.1) is 0 Å². The summed E-state index contributed by atoms with van der Waals surface area (Å²) >= 11 is 3.41. The number of aliphatic hydroxyl groups is 1. The molecule has 0 saturated heterocycles. The first kappa shape index (κ1) is 13.7. The molecule has 90 valence electrons. The Morgan fingerprint density at radius 1 is 1.44 bits per heavy atom. The minimum atomic E-state index is -0.234. The van der Waals surface area contributed by atoms with E-state index < -0.39 is 0 Å². The van der Waals surface area contributed by atoms with Crippen LogP contribution in [0.15, 0.2) is 22.7 Å². The zero-order valence-corrected chi connectivity index (χ0v) is 11.5. The molecule has 0 heterocycles. The van der Waals surface area contributed by atoms with E-state index in [-0.39, 0.29) is 17.8 Å². The van der Waals surface area contributed by atoms with Crippen molar-refractivity contribution < 1.29 is 9.50 Å². The molecule has 0 amide bonds. The van der Waals surface area contributed by atoms with Crippen LogP contribution in [0.2, 0.25) is 0 Å². The van der Waals surface area contributed by atoms with Gasteiger partial charge in [0.2, 0.25) is 0 Å². The van der Waals surface area contributed by atoms with Crippen LogP contribution in [0.4, 0.5) is 4.39 Å². The van der Waals surface area contributed by atoms with Crippen LogP contribution >= 0.6 is 15.9 Å². The summed E-state index contributed by atoms with van der Waals surface area (Å²) in [4.78, 5) is 0. The molecule has 1 aromatic rings. The molecule has 1 atom stereocenters. The van der Waals surface area contributed by atoms with Crippen LogP contribution in [0.1, 0.15) is 26.3 Å². The predicted octanol–water partition coefficient (Wildman–Crippen LogP) is 3.79. The van der Waals surface area contributed by atoms with Crippen molar-refractivity contribution in [2.75, 3.05) is 6.61 Å². The first-order valence-electron chi connectivity index (χ1n) is 5.44. The van der Waals surface area contributed by atoms with E-state index in [1.807, 2.05) is 6.92 Å². The minimum absolute atomic E-state index is 0.105. The zero-order chi connectivity index (χ0) is 12.3. The van der Waals surface area contributed by atoms with E-state index >= 15 is 0 Å². The fourth-order valence-corrected chi connectivity index (χ4v) is 1.94. The summed E-state index contributed by atoms with van der Waals surface area (Å²) in [7, 11) is 0. The lowest BCUT2D eigenvalue weighted by atomic mass is 9.75. The summed E-state index contributed by atoms with van der Waals surface area (Å²) in [6, 6.07) is 4.67. The van der Waals surface area contributed by atoms with E-state index in [0.29, 0.717) is 12.3 Å². The second kappa shape index (κ2) is 5.28. The fourth-order valence-electron chi connectivity index (χ4n) is 1.56. The van der Waals surface area contributed by atoms with Crippen molar-refractivity contribution >= 4 is 15.9 Å². The third-order valence-corrected chi connectivity index (χ3v) is 4.13. The molecule has 0 spiro atoms. The van der Waals surface area contributed by atoms with E-state index in [1.54, 1.807) is 6.07 Å². The van der Waals surface area contributed by atoms with Gasteiger partial charge in [0.1, 0.15) is 5.82 Å². The molecule has 0 fully saturated rings. The van der Waals surface area contributed by atoms with Crippen molar-refractivity contribution in [2.45, 2.75) is 27.2 Å². The summed E-state index contributed by atoms with van der Waals surface area (Å²) in [5.41, 5.74) is 0.696. The summed E-state index contributed by atoms with van der Waals surface area (Å²) in [5.74, 6) is 0.106. The summed E-state index contributed by atoms with van der Waals surface area (Å²) in [6.07, 6.45) is 0.666. The minimum Gasteiger partial charge on any atom is -0.396 e. The Hall–Kier alpha value is -0.410. The van der Waals surface area contributed by atoms with E-state index in [1.165, 1.54) is 12.1 Å². The fraction of sp³-hybridized carbons (Fsp3) is 0.538. The SMILES string of the molecule is CC(C)C(C)(CO)Cc1cc(F)ccc1Br. The number of hydrogen-bond donors (Lipinski definition) is 1. The lowest BCUT2D eigenvalue weighted by Gasteiger charge is -2.32. The molecule has 0 aliphatic carbocycles. The molecule has 0 bridgehead atoms. The molecule has 1 rings (SSSR count). The van der Waals surface area contributed by atoms with Gasteiger partial charge < -0.3 is 5.11 Å². The second-order valence-corrected chi connectivity index (χ2v) is 5.73. The maximum absolute atomic E-state index is 13.1. The van der Waals surface area contributed by atoms with Gasteiger partial charge >= 0.3 is 0 Å². The van der Waals surface area contributed by atoms with Crippen LogP contribution in [-0.2, 0) is 6.42 Å². The molecule has 16 heavy (non-hydrogen) atoms. The van der Waals surface area contributed by atoms with Gasteiger partial charge in [-0.25, -0.2) is 4.39 Å². The first-order chi connectivity index (χ1) is 7.39. The van der Waals surface area contributed by atoms with Crippen LogP contribution in [0.25, 0.3) is 0 Å². The summed E-state index contributed by atoms with van der Waals surface area (Å²) in [5, 5.41) is 9.47. The summed E-state index contributed by atoms with van der Waals surface area (Å²) < 4.78 is 14.0. The average Bonchev–Trinajstić information content (AvgIpc) is 2.23. The monoisotopic (exact) mass is 288 g/mol. The molecule has 1 N–H and O–H groups in total. The standard InChI is InChI=1S/C13H18BrFO/c1-9(2)13(3,8-16)7-10-6-11(15)4-5-12(10)14/h4-6,9,16H,7-8H2,1-3H3. The maximum atomic E-state index is 13.1. The van der Waals surface area contributed by atoms with E-state index in [4.69, 9.17) is 0 Å². The Morgan fingerprint density at radius 2 is 2.06 bits per heavy atom. The lowest BCUT2D eigenvalue weighted by Crippen LogP contribution is -2.30. The van der Waals surface area contributed by atoms with Crippen molar-refractivity contribution in [1.82, 2.24) is 0 Å². The molecule has 0 aliphatic heterocycles. The molecular formula is C13H18BrFO. The number of benzene rings is 1. The van der Waals surface area contributed by atoms with Crippen molar-refractivity contribution in [3.63, 3.8) is 0 Å². The number of halogens is 2. The van der Waals surface area contributed by atoms with Gasteiger partial charge in [-0.05, 0) is 41.5 Å². The van der Waals surface area contributed by atoms with Crippen LogP contribution in [-0.4, -0.2) is 11.7 Å². The highest BCUT2D eigenvalue weighted by molar-refractivity contribution is 9.10. The largest absolute Gasteiger partial charge is 0.396 e. The molecule has 0 aromatic heterocycles. The Bertz CT molecular complexity index is 365. The third-order valence-electron chi connectivity index (χ3n) is 3.36. The van der Waals surface area contributed by atoms with E-state index in [0.717, 1.165) is 10.0 Å². The predicted molar refractivity (Wildman–Crippen MR) is 67.8 cm³/mol. The van der Waals surface area contributed by atoms with Crippen molar-refractivity contribution in [3.05, 3.63) is 34.1 Å². The van der Waals surface area contributed by atoms with Crippen molar-refractivity contribution in [2.24, 2.45) is 11.3 Å². The molecule has 1 nitrogen and oxygen atoms in total. The number of aliphatic hydroxyl groups excluding tert-OH is 1. The van der Waals surface area contributed by atoms with Gasteiger partial charge in [0, 0.05) is 11.1 Å². The Kier molecular flexibility index (Phi) is 4.51. The van der Waals surface area contributed by atoms with E-state index in [2.05, 4.69) is 29.8 Å². The Morgan fingerprint density at radius 3 is 2.56 bits per heavy atom. The molecule has 1 unspecified atom stereocenters. The maximum Gasteiger partial charge on any atom is 0.123 e. The first-order valence-corrected chi connectivity index (χ1v) is 6.23. The second-order valence-electron chi connectivity index (χ2n) is 4.88. The Balaban J connectivity index is 2.98. The van der Waals surface area contributed by atoms with Gasteiger partial charge in [0.15, 0.2) is 0 Å². The topological polar surface area (TPSA) is 20.2 Å². The van der Waals surface area contributed by atoms with Gasteiger partial charge in [-0.3, -0.25) is 0 Å². The lowest BCUT2D eigenvalue weighted by molar-refractivity contribution is 0.0945.